The number of para-hydroxylation sites is 2. The fourth-order valence-corrected chi connectivity index (χ4v) is 3.79. The summed E-state index contributed by atoms with van der Waals surface area (Å²) in [6, 6.07) is 13.5. The van der Waals surface area contributed by atoms with E-state index in [9.17, 15) is 18.8 Å². The molecule has 0 spiro atoms. The van der Waals surface area contributed by atoms with Gasteiger partial charge in [0.2, 0.25) is 11.7 Å². The van der Waals surface area contributed by atoms with E-state index in [4.69, 9.17) is 9.15 Å². The number of esters is 1. The smallest absolute Gasteiger partial charge is 0.374 e. The third kappa shape index (κ3) is 4.22. The molecule has 0 aliphatic carbocycles. The number of fused-ring (bicyclic) bond motifs is 1. The van der Waals surface area contributed by atoms with E-state index in [-0.39, 0.29) is 34.2 Å². The van der Waals surface area contributed by atoms with Crippen LogP contribution < -0.4 is 10.3 Å². The van der Waals surface area contributed by atoms with Gasteiger partial charge in [-0.05, 0) is 24.3 Å². The van der Waals surface area contributed by atoms with Crippen molar-refractivity contribution in [2.24, 2.45) is 0 Å². The molecule has 0 saturated carbocycles. The number of amides is 1. The molecule has 31 heavy (non-hydrogen) atoms. The SMILES string of the molecule is CC(=O)N(c1nc(COC(=O)c2cc(=O)c3ccccc3o2)cs1)c1ccccc1F. The normalized spacial score (nSPS) is 10.8. The van der Waals surface area contributed by atoms with Crippen molar-refractivity contribution in [3.63, 3.8) is 0 Å². The third-order valence-electron chi connectivity index (χ3n) is 4.33. The van der Waals surface area contributed by atoms with Gasteiger partial charge in [-0.25, -0.2) is 14.2 Å². The molecule has 4 rings (SSSR count). The van der Waals surface area contributed by atoms with Gasteiger partial charge in [0.15, 0.2) is 10.6 Å². The number of carbonyl (C=O) groups is 2. The van der Waals surface area contributed by atoms with Crippen LogP contribution in [0.2, 0.25) is 0 Å². The van der Waals surface area contributed by atoms with Crippen molar-refractivity contribution in [2.75, 3.05) is 4.90 Å². The Bertz CT molecular complexity index is 1350. The fourth-order valence-electron chi connectivity index (χ4n) is 2.92. The largest absolute Gasteiger partial charge is 0.453 e. The highest BCUT2D eigenvalue weighted by Gasteiger charge is 2.21. The van der Waals surface area contributed by atoms with Crippen molar-refractivity contribution in [3.05, 3.63) is 87.5 Å². The number of rotatable bonds is 5. The van der Waals surface area contributed by atoms with Gasteiger partial charge in [0.25, 0.3) is 0 Å². The number of carbonyl (C=O) groups excluding carboxylic acids is 2. The summed E-state index contributed by atoms with van der Waals surface area (Å²) in [5.41, 5.74) is 0.358. The molecular formula is C22H15FN2O5S. The molecule has 0 saturated heterocycles. The van der Waals surface area contributed by atoms with Crippen LogP contribution >= 0.6 is 11.3 Å². The summed E-state index contributed by atoms with van der Waals surface area (Å²) < 4.78 is 24.8. The quantitative estimate of drug-likeness (QED) is 0.428. The van der Waals surface area contributed by atoms with Crippen LogP contribution in [0.4, 0.5) is 15.2 Å². The Labute approximate surface area is 179 Å². The van der Waals surface area contributed by atoms with E-state index in [2.05, 4.69) is 4.98 Å². The summed E-state index contributed by atoms with van der Waals surface area (Å²) in [7, 11) is 0. The van der Waals surface area contributed by atoms with Crippen LogP contribution in [0.15, 0.2) is 69.2 Å². The molecule has 2 aromatic heterocycles. The van der Waals surface area contributed by atoms with Crippen LogP contribution in [-0.2, 0) is 16.1 Å². The minimum Gasteiger partial charge on any atom is -0.453 e. The first kappa shape index (κ1) is 20.4. The van der Waals surface area contributed by atoms with E-state index >= 15 is 0 Å². The van der Waals surface area contributed by atoms with Crippen molar-refractivity contribution in [3.8, 4) is 0 Å². The van der Waals surface area contributed by atoms with Gasteiger partial charge < -0.3 is 9.15 Å². The molecule has 0 bridgehead atoms. The first-order chi connectivity index (χ1) is 14.9. The number of benzene rings is 2. The lowest BCUT2D eigenvalue weighted by atomic mass is 10.2. The highest BCUT2D eigenvalue weighted by molar-refractivity contribution is 7.14. The van der Waals surface area contributed by atoms with Gasteiger partial charge >= 0.3 is 5.97 Å². The van der Waals surface area contributed by atoms with Crippen LogP contribution in [0.5, 0.6) is 0 Å². The molecule has 1 amide bonds. The van der Waals surface area contributed by atoms with Gasteiger partial charge in [0, 0.05) is 18.4 Å². The van der Waals surface area contributed by atoms with E-state index in [1.165, 1.54) is 25.1 Å². The van der Waals surface area contributed by atoms with E-state index < -0.39 is 17.7 Å². The molecule has 4 aromatic rings. The molecule has 0 aliphatic heterocycles. The minimum atomic E-state index is -0.824. The number of nitrogens with zero attached hydrogens (tertiary/aromatic N) is 2. The zero-order valence-corrected chi connectivity index (χ0v) is 17.0. The average molecular weight is 438 g/mol. The predicted octanol–water partition coefficient (Wildman–Crippen LogP) is 4.43. The van der Waals surface area contributed by atoms with Gasteiger partial charge in [0.1, 0.15) is 18.0 Å². The molecular weight excluding hydrogens is 423 g/mol. The second-order valence-corrected chi connectivity index (χ2v) is 7.31. The molecule has 2 heterocycles. The molecule has 156 valence electrons. The lowest BCUT2D eigenvalue weighted by Gasteiger charge is -2.18. The number of aromatic nitrogens is 1. The monoisotopic (exact) mass is 438 g/mol. The van der Waals surface area contributed by atoms with Gasteiger partial charge in [-0.2, -0.15) is 0 Å². The van der Waals surface area contributed by atoms with Crippen LogP contribution in [0, 0.1) is 5.82 Å². The lowest BCUT2D eigenvalue weighted by molar-refractivity contribution is -0.115. The van der Waals surface area contributed by atoms with Gasteiger partial charge in [-0.1, -0.05) is 24.3 Å². The first-order valence-corrected chi connectivity index (χ1v) is 10.0. The Morgan fingerprint density at radius 3 is 2.68 bits per heavy atom. The third-order valence-corrected chi connectivity index (χ3v) is 5.20. The van der Waals surface area contributed by atoms with Gasteiger partial charge in [-0.3, -0.25) is 14.5 Å². The van der Waals surface area contributed by atoms with Gasteiger partial charge in [-0.15, -0.1) is 11.3 Å². The second kappa shape index (κ2) is 8.49. The Kier molecular flexibility index (Phi) is 5.59. The Hall–Kier alpha value is -3.85. The summed E-state index contributed by atoms with van der Waals surface area (Å²) in [5.74, 6) is -2.03. The van der Waals surface area contributed by atoms with Crippen LogP contribution in [0.1, 0.15) is 23.2 Å². The predicted molar refractivity (Wildman–Crippen MR) is 113 cm³/mol. The van der Waals surface area contributed by atoms with Crippen molar-refractivity contribution in [1.29, 1.82) is 0 Å². The number of ether oxygens (including phenoxy) is 1. The Morgan fingerprint density at radius 2 is 1.90 bits per heavy atom. The number of hydrogen-bond acceptors (Lipinski definition) is 7. The summed E-state index contributed by atoms with van der Waals surface area (Å²) >= 11 is 1.10. The number of anilines is 2. The molecule has 0 radical (unpaired) electrons. The molecule has 0 N–H and O–H groups in total. The standard InChI is InChI=1S/C22H15FN2O5S/c1-13(26)25(17-8-4-3-7-16(17)23)22-24-14(12-31-22)11-29-21(28)20-10-18(27)15-6-2-5-9-19(15)30-20/h2-10,12H,11H2,1H3. The van der Waals surface area contributed by atoms with Crippen LogP contribution in [0.25, 0.3) is 11.0 Å². The summed E-state index contributed by atoms with van der Waals surface area (Å²) in [4.78, 5) is 42.0. The highest BCUT2D eigenvalue weighted by Crippen LogP contribution is 2.30. The van der Waals surface area contributed by atoms with Crippen LogP contribution in [-0.4, -0.2) is 16.9 Å². The fraction of sp³-hybridized carbons (Fsp3) is 0.0909. The van der Waals surface area contributed by atoms with Crippen molar-refractivity contribution in [1.82, 2.24) is 4.98 Å². The molecule has 0 fully saturated rings. The van der Waals surface area contributed by atoms with E-state index in [1.807, 2.05) is 0 Å². The maximum atomic E-state index is 14.2. The van der Waals surface area contributed by atoms with E-state index in [0.717, 1.165) is 22.3 Å². The molecule has 0 atom stereocenters. The maximum Gasteiger partial charge on any atom is 0.374 e. The number of hydrogen-bond donors (Lipinski definition) is 0. The molecule has 7 nitrogen and oxygen atoms in total. The zero-order chi connectivity index (χ0) is 22.0. The zero-order valence-electron chi connectivity index (χ0n) is 16.2. The lowest BCUT2D eigenvalue weighted by Crippen LogP contribution is -2.23. The average Bonchev–Trinajstić information content (AvgIpc) is 3.21. The van der Waals surface area contributed by atoms with Crippen molar-refractivity contribution in [2.45, 2.75) is 13.5 Å². The molecule has 9 heteroatoms. The Balaban J connectivity index is 1.52. The summed E-state index contributed by atoms with van der Waals surface area (Å²) in [5, 5.41) is 2.19. The van der Waals surface area contributed by atoms with Crippen molar-refractivity contribution >= 4 is 45.0 Å². The van der Waals surface area contributed by atoms with Gasteiger partial charge in [0.05, 0.1) is 16.8 Å². The van der Waals surface area contributed by atoms with Crippen LogP contribution in [0.3, 0.4) is 0 Å². The van der Waals surface area contributed by atoms with E-state index in [1.54, 1.807) is 35.7 Å². The number of thiazole rings is 1. The first-order valence-electron chi connectivity index (χ1n) is 9.13. The summed E-state index contributed by atoms with van der Waals surface area (Å²) in [6.07, 6.45) is 0. The van der Waals surface area contributed by atoms with E-state index in [0.29, 0.717) is 11.1 Å². The highest BCUT2D eigenvalue weighted by atomic mass is 32.1. The maximum absolute atomic E-state index is 14.2. The number of halogens is 1. The Morgan fingerprint density at radius 1 is 1.16 bits per heavy atom. The topological polar surface area (TPSA) is 89.7 Å². The summed E-state index contributed by atoms with van der Waals surface area (Å²) in [6.45, 7) is 1.09. The molecule has 0 aliphatic rings. The molecule has 2 aromatic carbocycles. The molecule has 0 unspecified atom stereocenters. The van der Waals surface area contributed by atoms with Crippen molar-refractivity contribution < 1.29 is 23.1 Å². The second-order valence-electron chi connectivity index (χ2n) is 6.47. The minimum absolute atomic E-state index is 0.0748.